The maximum Gasteiger partial charge on any atom is 3.00 e. The molecule has 0 spiro atoms. The van der Waals surface area contributed by atoms with Crippen molar-refractivity contribution in [2.45, 2.75) is 20.8 Å². The molecule has 0 aliphatic rings. The van der Waals surface area contributed by atoms with Crippen LogP contribution in [0.25, 0.3) is 0 Å². The van der Waals surface area contributed by atoms with Crippen molar-refractivity contribution in [3.8, 4) is 0 Å². The van der Waals surface area contributed by atoms with Crippen molar-refractivity contribution in [3.05, 3.63) is 72.9 Å². The fraction of sp³-hybridized carbons (Fsp3) is 0.167. The van der Waals surface area contributed by atoms with Gasteiger partial charge < -0.3 is 29.7 Å². The van der Waals surface area contributed by atoms with Crippen molar-refractivity contribution >= 4 is 17.9 Å². The van der Waals surface area contributed by atoms with Crippen molar-refractivity contribution in [2.24, 2.45) is 0 Å². The number of hydrogen-bond acceptors (Lipinski definition) is 6. The van der Waals surface area contributed by atoms with Gasteiger partial charge in [-0.05, 0) is 39.0 Å². The first-order chi connectivity index (χ1) is 11.3. The molecule has 0 N–H and O–H groups in total. The van der Waals surface area contributed by atoms with Crippen LogP contribution in [-0.4, -0.2) is 17.9 Å². The Bertz CT molecular complexity index is 450. The molecule has 0 aromatic heterocycles. The Morgan fingerprint density at radius 3 is 0.840 bits per heavy atom. The Kier molecular flexibility index (Phi) is 33.6. The zero-order valence-electron chi connectivity index (χ0n) is 14.3. The molecule has 0 fully saturated rings. The zero-order valence-corrected chi connectivity index (χ0v) is 16.9. The van der Waals surface area contributed by atoms with Crippen LogP contribution < -0.4 is 15.3 Å². The van der Waals surface area contributed by atoms with E-state index in [1.807, 2.05) is 0 Å². The number of aliphatic carboxylic acids is 3. The molecule has 0 amide bonds. The number of allylic oxidation sites excluding steroid dienone is 9. The van der Waals surface area contributed by atoms with Crippen LogP contribution in [0, 0.1) is 40.4 Å². The summed E-state index contributed by atoms with van der Waals surface area (Å²) in [5.41, 5.74) is 0. The summed E-state index contributed by atoms with van der Waals surface area (Å²) < 4.78 is 0. The van der Waals surface area contributed by atoms with Gasteiger partial charge in [0.2, 0.25) is 0 Å². The van der Waals surface area contributed by atoms with Gasteiger partial charge in [-0.3, -0.25) is 0 Å². The van der Waals surface area contributed by atoms with E-state index in [4.69, 9.17) is 0 Å². The first-order valence-electron chi connectivity index (χ1n) is 6.82. The van der Waals surface area contributed by atoms with Gasteiger partial charge in [-0.15, -0.1) is 0 Å². The normalized spacial score (nSPS) is 10.7. The Labute approximate surface area is 180 Å². The van der Waals surface area contributed by atoms with Crippen molar-refractivity contribution < 1.29 is 70.1 Å². The summed E-state index contributed by atoms with van der Waals surface area (Å²) in [6.07, 6.45) is 17.2. The monoisotopic (exact) mass is 485 g/mol. The summed E-state index contributed by atoms with van der Waals surface area (Å²) in [7, 11) is 0. The van der Waals surface area contributed by atoms with Gasteiger partial charge in [0, 0.05) is 0 Å². The Morgan fingerprint density at radius 2 is 0.720 bits per heavy atom. The largest absolute Gasteiger partial charge is 3.00 e. The second-order valence-electron chi connectivity index (χ2n) is 3.61. The molecule has 0 heterocycles. The summed E-state index contributed by atoms with van der Waals surface area (Å²) >= 11 is 0. The van der Waals surface area contributed by atoms with Crippen LogP contribution in [0.5, 0.6) is 0 Å². The van der Waals surface area contributed by atoms with Gasteiger partial charge >= 0.3 is 40.4 Å². The second-order valence-corrected chi connectivity index (χ2v) is 3.61. The maximum atomic E-state index is 9.64. The Balaban J connectivity index is -0.000000130. The van der Waals surface area contributed by atoms with Crippen LogP contribution in [0.2, 0.25) is 0 Å². The molecule has 25 heavy (non-hydrogen) atoms. The number of carbonyl (C=O) groups is 3. The molecule has 0 bridgehead atoms. The Hall–Kier alpha value is -1.81. The number of carbonyl (C=O) groups excluding carboxylic acids is 3. The predicted molar refractivity (Wildman–Crippen MR) is 86.9 cm³/mol. The minimum absolute atomic E-state index is 0. The van der Waals surface area contributed by atoms with E-state index in [-0.39, 0.29) is 40.4 Å². The van der Waals surface area contributed by atoms with Gasteiger partial charge in [0.25, 0.3) is 0 Å². The maximum absolute atomic E-state index is 9.64. The molecule has 0 aliphatic heterocycles. The minimum Gasteiger partial charge on any atom is -0.545 e. The summed E-state index contributed by atoms with van der Waals surface area (Å²) in [5.74, 6) is -3.49. The number of carboxylic acids is 3. The third-order valence-electron chi connectivity index (χ3n) is 1.61. The number of carboxylic acid groups (broad SMARTS) is 3. The van der Waals surface area contributed by atoms with Crippen molar-refractivity contribution in [1.82, 2.24) is 0 Å². The van der Waals surface area contributed by atoms with E-state index in [1.165, 1.54) is 18.2 Å². The molecule has 0 aromatic rings. The second kappa shape index (κ2) is 27.1. The van der Waals surface area contributed by atoms with E-state index in [9.17, 15) is 29.7 Å². The molecule has 135 valence electrons. The first-order valence-corrected chi connectivity index (χ1v) is 6.82. The molecular formula is C18H21O6Sm. The Morgan fingerprint density at radius 1 is 0.520 bits per heavy atom. The summed E-state index contributed by atoms with van der Waals surface area (Å²) in [6, 6.07) is 0. The minimum atomic E-state index is -1.16. The third-order valence-corrected chi connectivity index (χ3v) is 1.61. The zero-order chi connectivity index (χ0) is 19.2. The standard InChI is InChI=1S/3C6H8O2.Sm/c3*1-2-3-4-5-6(7)8;/h3*2-5H,1H3,(H,7,8);/q;;;+3/p-3/b3*3-2+,5-4+;. The van der Waals surface area contributed by atoms with E-state index in [2.05, 4.69) is 0 Å². The SMILES string of the molecule is C/C=C/C=C/C(=O)[O-].C/C=C/C=C/C(=O)[O-].C/C=C/C=C/C(=O)[O-].[Sm+3]. The van der Waals surface area contributed by atoms with E-state index >= 15 is 0 Å². The first kappa shape index (κ1) is 31.0. The van der Waals surface area contributed by atoms with Crippen molar-refractivity contribution in [2.75, 3.05) is 0 Å². The summed E-state index contributed by atoms with van der Waals surface area (Å²) in [5, 5.41) is 28.9. The van der Waals surface area contributed by atoms with E-state index < -0.39 is 17.9 Å². The molecule has 6 nitrogen and oxygen atoms in total. The molecule has 1 radical (unpaired) electrons. The molecule has 0 unspecified atom stereocenters. The van der Waals surface area contributed by atoms with Gasteiger partial charge in [-0.1, -0.05) is 54.7 Å². The van der Waals surface area contributed by atoms with Crippen molar-refractivity contribution in [1.29, 1.82) is 0 Å². The molecule has 0 saturated carbocycles. The molecule has 0 aliphatic carbocycles. The van der Waals surface area contributed by atoms with E-state index in [0.29, 0.717) is 0 Å². The van der Waals surface area contributed by atoms with E-state index in [0.717, 1.165) is 18.2 Å². The predicted octanol–water partition coefficient (Wildman–Crippen LogP) is -0.394. The van der Waals surface area contributed by atoms with Gasteiger partial charge in [-0.2, -0.15) is 0 Å². The molecule has 0 atom stereocenters. The van der Waals surface area contributed by atoms with Crippen LogP contribution in [-0.2, 0) is 14.4 Å². The smallest absolute Gasteiger partial charge is 0.545 e. The average molecular weight is 484 g/mol. The third kappa shape index (κ3) is 52.0. The van der Waals surface area contributed by atoms with Crippen LogP contribution in [0.1, 0.15) is 20.8 Å². The number of hydrogen-bond donors (Lipinski definition) is 0. The summed E-state index contributed by atoms with van der Waals surface area (Å²) in [4.78, 5) is 28.9. The molecular weight excluding hydrogens is 463 g/mol. The van der Waals surface area contributed by atoms with E-state index in [1.54, 1.807) is 57.2 Å². The molecule has 7 heteroatoms. The molecule has 0 aromatic carbocycles. The topological polar surface area (TPSA) is 120 Å². The van der Waals surface area contributed by atoms with Gasteiger partial charge in [-0.25, -0.2) is 0 Å². The van der Waals surface area contributed by atoms with Crippen LogP contribution in [0.4, 0.5) is 0 Å². The van der Waals surface area contributed by atoms with Gasteiger partial charge in [0.1, 0.15) is 0 Å². The van der Waals surface area contributed by atoms with Gasteiger partial charge in [0.05, 0.1) is 17.9 Å². The summed E-state index contributed by atoms with van der Waals surface area (Å²) in [6.45, 7) is 5.42. The average Bonchev–Trinajstić information content (AvgIpc) is 2.48. The van der Waals surface area contributed by atoms with Crippen LogP contribution in [0.15, 0.2) is 72.9 Å². The van der Waals surface area contributed by atoms with Crippen LogP contribution >= 0.6 is 0 Å². The molecule has 0 rings (SSSR count). The molecule has 0 saturated heterocycles. The quantitative estimate of drug-likeness (QED) is 0.375. The van der Waals surface area contributed by atoms with Gasteiger partial charge in [0.15, 0.2) is 0 Å². The van der Waals surface area contributed by atoms with Crippen LogP contribution in [0.3, 0.4) is 0 Å². The fourth-order valence-corrected chi connectivity index (χ4v) is 0.736. The number of rotatable bonds is 6. The van der Waals surface area contributed by atoms with Crippen molar-refractivity contribution in [3.63, 3.8) is 0 Å². The fourth-order valence-electron chi connectivity index (χ4n) is 0.736.